The maximum absolute atomic E-state index is 5.91. The molecule has 6 heteroatoms. The van der Waals surface area contributed by atoms with E-state index in [1.807, 2.05) is 0 Å². The van der Waals surface area contributed by atoms with Crippen molar-refractivity contribution >= 4 is 33.3 Å². The maximum Gasteiger partial charge on any atom is 0.148 e. The van der Waals surface area contributed by atoms with Gasteiger partial charge < -0.3 is 10.2 Å². The molecular weight excluding hydrogens is 304 g/mol. The Morgan fingerprint density at radius 3 is 3.18 bits per heavy atom. The van der Waals surface area contributed by atoms with Gasteiger partial charge in [-0.05, 0) is 48.3 Å². The average molecular weight is 320 g/mol. The zero-order valence-corrected chi connectivity index (χ0v) is 12.1. The van der Waals surface area contributed by atoms with Crippen molar-refractivity contribution in [3.63, 3.8) is 0 Å². The molecule has 1 fully saturated rings. The molecule has 0 spiro atoms. The van der Waals surface area contributed by atoms with Gasteiger partial charge in [-0.1, -0.05) is 11.6 Å². The number of hydrogen-bond acceptors (Lipinski definition) is 4. The second-order valence-corrected chi connectivity index (χ2v) is 5.63. The lowest BCUT2D eigenvalue weighted by atomic mass is 9.98. The molecule has 2 rings (SSSR count). The molecule has 1 atom stereocenters. The molecule has 1 saturated heterocycles. The Bertz CT molecular complexity index is 388. The van der Waals surface area contributed by atoms with E-state index >= 15 is 0 Å². The van der Waals surface area contributed by atoms with Gasteiger partial charge in [0.2, 0.25) is 0 Å². The molecule has 1 aromatic rings. The Morgan fingerprint density at radius 2 is 2.41 bits per heavy atom. The fraction of sp³-hybridized carbons (Fsp3) is 0.636. The Morgan fingerprint density at radius 1 is 1.59 bits per heavy atom. The number of anilines is 1. The van der Waals surface area contributed by atoms with Crippen LogP contribution in [0.15, 0.2) is 10.8 Å². The van der Waals surface area contributed by atoms with Crippen molar-refractivity contribution in [2.45, 2.75) is 12.8 Å². The number of aromatic nitrogens is 2. The van der Waals surface area contributed by atoms with E-state index in [1.54, 1.807) is 0 Å². The van der Waals surface area contributed by atoms with Gasteiger partial charge in [-0.2, -0.15) is 0 Å². The molecule has 1 unspecified atom stereocenters. The first-order valence-corrected chi connectivity index (χ1v) is 6.92. The molecule has 94 valence electrons. The lowest BCUT2D eigenvalue weighted by molar-refractivity contribution is 0.217. The van der Waals surface area contributed by atoms with E-state index in [2.05, 4.69) is 43.2 Å². The standard InChI is InChI=1S/C11H16BrClN4/c1-17-4-2-3-8(6-17)5-14-11-9(12)10(13)15-7-16-11/h7-8H,2-6H2,1H3,(H,14,15,16). The van der Waals surface area contributed by atoms with Gasteiger partial charge in [0, 0.05) is 13.1 Å². The molecule has 0 amide bonds. The molecule has 0 saturated carbocycles. The lowest BCUT2D eigenvalue weighted by Gasteiger charge is -2.29. The van der Waals surface area contributed by atoms with Crippen LogP contribution in [0.25, 0.3) is 0 Å². The van der Waals surface area contributed by atoms with Gasteiger partial charge in [0.1, 0.15) is 17.3 Å². The highest BCUT2D eigenvalue weighted by Crippen LogP contribution is 2.26. The quantitative estimate of drug-likeness (QED) is 0.870. The number of rotatable bonds is 3. The van der Waals surface area contributed by atoms with Crippen molar-refractivity contribution in [2.24, 2.45) is 5.92 Å². The summed E-state index contributed by atoms with van der Waals surface area (Å²) in [7, 11) is 2.17. The molecule has 1 aliphatic rings. The molecule has 1 aromatic heterocycles. The van der Waals surface area contributed by atoms with E-state index in [-0.39, 0.29) is 0 Å². The van der Waals surface area contributed by atoms with Crippen molar-refractivity contribution in [3.8, 4) is 0 Å². The Labute approximate surface area is 115 Å². The first kappa shape index (κ1) is 13.1. The summed E-state index contributed by atoms with van der Waals surface area (Å²) in [5.41, 5.74) is 0. The molecule has 0 bridgehead atoms. The predicted octanol–water partition coefficient (Wildman–Crippen LogP) is 2.65. The van der Waals surface area contributed by atoms with Crippen LogP contribution in [0.3, 0.4) is 0 Å². The zero-order valence-electron chi connectivity index (χ0n) is 9.79. The third kappa shape index (κ3) is 3.53. The van der Waals surface area contributed by atoms with Crippen molar-refractivity contribution in [1.82, 2.24) is 14.9 Å². The van der Waals surface area contributed by atoms with Crippen molar-refractivity contribution in [2.75, 3.05) is 32.0 Å². The molecule has 1 aliphatic heterocycles. The van der Waals surface area contributed by atoms with Crippen LogP contribution in [0.2, 0.25) is 5.15 Å². The average Bonchev–Trinajstić information content (AvgIpc) is 2.31. The number of piperidine rings is 1. The van der Waals surface area contributed by atoms with Gasteiger partial charge >= 0.3 is 0 Å². The number of halogens is 2. The van der Waals surface area contributed by atoms with Crippen LogP contribution in [-0.2, 0) is 0 Å². The van der Waals surface area contributed by atoms with Crippen LogP contribution in [0.1, 0.15) is 12.8 Å². The number of nitrogens with zero attached hydrogens (tertiary/aromatic N) is 3. The normalized spacial score (nSPS) is 21.5. The molecule has 0 radical (unpaired) electrons. The Balaban J connectivity index is 1.91. The van der Waals surface area contributed by atoms with Gasteiger partial charge in [0.25, 0.3) is 0 Å². The zero-order chi connectivity index (χ0) is 12.3. The third-order valence-electron chi connectivity index (χ3n) is 3.03. The monoisotopic (exact) mass is 318 g/mol. The smallest absolute Gasteiger partial charge is 0.148 e. The van der Waals surface area contributed by atoms with Crippen LogP contribution in [0.4, 0.5) is 5.82 Å². The largest absolute Gasteiger partial charge is 0.369 e. The van der Waals surface area contributed by atoms with E-state index in [0.29, 0.717) is 11.1 Å². The molecular formula is C11H16BrClN4. The van der Waals surface area contributed by atoms with Gasteiger partial charge in [-0.25, -0.2) is 9.97 Å². The van der Waals surface area contributed by atoms with Crippen molar-refractivity contribution < 1.29 is 0 Å². The van der Waals surface area contributed by atoms with Gasteiger partial charge in [0.15, 0.2) is 0 Å². The SMILES string of the molecule is CN1CCCC(CNc2ncnc(Cl)c2Br)C1. The minimum atomic E-state index is 0.447. The predicted molar refractivity (Wildman–Crippen MR) is 73.5 cm³/mol. The lowest BCUT2D eigenvalue weighted by Crippen LogP contribution is -2.35. The summed E-state index contributed by atoms with van der Waals surface area (Å²) in [5.74, 6) is 1.45. The van der Waals surface area contributed by atoms with E-state index in [1.165, 1.54) is 25.7 Å². The van der Waals surface area contributed by atoms with E-state index in [9.17, 15) is 0 Å². The number of likely N-dealkylation sites (tertiary alicyclic amines) is 1. The minimum absolute atomic E-state index is 0.447. The summed E-state index contributed by atoms with van der Waals surface area (Å²) in [6, 6.07) is 0. The highest BCUT2D eigenvalue weighted by molar-refractivity contribution is 9.10. The van der Waals surface area contributed by atoms with Crippen LogP contribution < -0.4 is 5.32 Å². The highest BCUT2D eigenvalue weighted by atomic mass is 79.9. The van der Waals surface area contributed by atoms with Crippen LogP contribution in [-0.4, -0.2) is 41.5 Å². The van der Waals surface area contributed by atoms with Gasteiger partial charge in [0.05, 0.1) is 4.47 Å². The molecule has 0 aliphatic carbocycles. The summed E-state index contributed by atoms with van der Waals surface area (Å²) in [6.07, 6.45) is 4.02. The molecule has 2 heterocycles. The number of hydrogen-bond donors (Lipinski definition) is 1. The van der Waals surface area contributed by atoms with Gasteiger partial charge in [-0.15, -0.1) is 0 Å². The van der Waals surface area contributed by atoms with E-state index < -0.39 is 0 Å². The second kappa shape index (κ2) is 5.98. The molecule has 1 N–H and O–H groups in total. The molecule has 17 heavy (non-hydrogen) atoms. The molecule has 0 aromatic carbocycles. The third-order valence-corrected chi connectivity index (χ3v) is 4.29. The first-order valence-electron chi connectivity index (χ1n) is 5.75. The molecule has 4 nitrogen and oxygen atoms in total. The Hall–Kier alpha value is -0.390. The van der Waals surface area contributed by atoms with Crippen LogP contribution >= 0.6 is 27.5 Å². The fourth-order valence-corrected chi connectivity index (χ4v) is 2.63. The second-order valence-electron chi connectivity index (χ2n) is 4.48. The van der Waals surface area contributed by atoms with Crippen molar-refractivity contribution in [1.29, 1.82) is 0 Å². The minimum Gasteiger partial charge on any atom is -0.369 e. The number of nitrogens with one attached hydrogen (secondary N) is 1. The first-order chi connectivity index (χ1) is 8.16. The van der Waals surface area contributed by atoms with Gasteiger partial charge in [-0.3, -0.25) is 0 Å². The van der Waals surface area contributed by atoms with E-state index in [4.69, 9.17) is 11.6 Å². The highest BCUT2D eigenvalue weighted by Gasteiger charge is 2.17. The van der Waals surface area contributed by atoms with Crippen molar-refractivity contribution in [3.05, 3.63) is 16.0 Å². The maximum atomic E-state index is 5.91. The summed E-state index contributed by atoms with van der Waals surface area (Å²) < 4.78 is 0.742. The summed E-state index contributed by atoms with van der Waals surface area (Å²) in [4.78, 5) is 10.5. The van der Waals surface area contributed by atoms with Crippen LogP contribution in [0.5, 0.6) is 0 Å². The van der Waals surface area contributed by atoms with E-state index in [0.717, 1.165) is 23.4 Å². The Kier molecular flexibility index (Phi) is 4.59. The van der Waals surface area contributed by atoms with Crippen LogP contribution in [0, 0.1) is 5.92 Å². The summed E-state index contributed by atoms with van der Waals surface area (Å²) in [5, 5.41) is 3.78. The summed E-state index contributed by atoms with van der Waals surface area (Å²) >= 11 is 9.30. The topological polar surface area (TPSA) is 41.0 Å². The fourth-order valence-electron chi connectivity index (χ4n) is 2.15. The summed E-state index contributed by atoms with van der Waals surface area (Å²) in [6.45, 7) is 3.28.